The third kappa shape index (κ3) is 2.73. The van der Waals surface area contributed by atoms with Crippen molar-refractivity contribution in [2.45, 2.75) is 13.3 Å². The van der Waals surface area contributed by atoms with Crippen molar-refractivity contribution in [3.8, 4) is 11.1 Å². The zero-order valence-electron chi connectivity index (χ0n) is 12.1. The first-order chi connectivity index (χ1) is 10.1. The van der Waals surface area contributed by atoms with Gasteiger partial charge in [0.25, 0.3) is 0 Å². The molecule has 1 aliphatic heterocycles. The summed E-state index contributed by atoms with van der Waals surface area (Å²) in [5.41, 5.74) is 17.2. The molecule has 5 nitrogen and oxygen atoms in total. The van der Waals surface area contributed by atoms with Crippen LogP contribution in [0.5, 0.6) is 0 Å². The fourth-order valence-corrected chi connectivity index (χ4v) is 2.69. The topological polar surface area (TPSA) is 89.8 Å². The summed E-state index contributed by atoms with van der Waals surface area (Å²) in [6.45, 7) is 4.09. The molecule has 108 valence electrons. The Hall–Kier alpha value is -2.40. The highest BCUT2D eigenvalue weighted by atomic mass is 15.0. The summed E-state index contributed by atoms with van der Waals surface area (Å²) in [6.07, 6.45) is 5.00. The second kappa shape index (κ2) is 5.54. The van der Waals surface area contributed by atoms with Gasteiger partial charge in [-0.25, -0.2) is 4.98 Å². The monoisotopic (exact) mass is 281 g/mol. The highest BCUT2D eigenvalue weighted by Crippen LogP contribution is 2.29. The lowest BCUT2D eigenvalue weighted by atomic mass is 9.93. The number of nitrogens with zero attached hydrogens (tertiary/aromatic N) is 2. The molecule has 0 saturated heterocycles. The van der Waals surface area contributed by atoms with Gasteiger partial charge in [0.1, 0.15) is 5.82 Å². The molecular weight excluding hydrogens is 262 g/mol. The molecule has 0 fully saturated rings. The lowest BCUT2D eigenvalue weighted by Crippen LogP contribution is -2.20. The summed E-state index contributed by atoms with van der Waals surface area (Å²) in [4.78, 5) is 8.04. The number of hydrogen-bond acceptors (Lipinski definition) is 5. The van der Waals surface area contributed by atoms with Crippen LogP contribution in [0.3, 0.4) is 0 Å². The molecule has 5 heteroatoms. The van der Waals surface area contributed by atoms with E-state index >= 15 is 0 Å². The predicted molar refractivity (Wildman–Crippen MR) is 86.5 cm³/mol. The second-order valence-corrected chi connectivity index (χ2v) is 5.24. The Morgan fingerprint density at radius 1 is 1.19 bits per heavy atom. The first-order valence-corrected chi connectivity index (χ1v) is 7.04. The van der Waals surface area contributed by atoms with Crippen molar-refractivity contribution in [2.24, 2.45) is 0 Å². The Labute approximate surface area is 124 Å². The Morgan fingerprint density at radius 2 is 2.05 bits per heavy atom. The van der Waals surface area contributed by atoms with Gasteiger partial charge >= 0.3 is 0 Å². The van der Waals surface area contributed by atoms with E-state index in [1.165, 1.54) is 16.7 Å². The number of benzene rings is 1. The summed E-state index contributed by atoms with van der Waals surface area (Å²) in [7, 11) is 0. The molecular formula is C16H19N5. The van der Waals surface area contributed by atoms with Crippen molar-refractivity contribution < 1.29 is 0 Å². The van der Waals surface area contributed by atoms with Crippen molar-refractivity contribution >= 4 is 17.3 Å². The van der Waals surface area contributed by atoms with Gasteiger partial charge in [-0.3, -0.25) is 0 Å². The lowest BCUT2D eigenvalue weighted by Gasteiger charge is -2.17. The van der Waals surface area contributed by atoms with Gasteiger partial charge in [0.2, 0.25) is 5.95 Å². The largest absolute Gasteiger partial charge is 0.383 e. The molecule has 0 bridgehead atoms. The number of aryl methyl sites for hydroxylation is 1. The van der Waals surface area contributed by atoms with Gasteiger partial charge in [0.15, 0.2) is 0 Å². The van der Waals surface area contributed by atoms with Crippen LogP contribution in [0, 0.1) is 6.92 Å². The quantitative estimate of drug-likeness (QED) is 0.783. The van der Waals surface area contributed by atoms with Crippen LogP contribution in [0.4, 0.5) is 11.8 Å². The minimum absolute atomic E-state index is 0.199. The van der Waals surface area contributed by atoms with E-state index in [2.05, 4.69) is 46.5 Å². The summed E-state index contributed by atoms with van der Waals surface area (Å²) >= 11 is 0. The zero-order valence-corrected chi connectivity index (χ0v) is 12.1. The molecule has 1 aliphatic rings. The standard InChI is InChI=1S/C16H19N5/c1-10-8-12(14-9-20-16(18)21-15(14)17)2-3-13(10)11-4-6-19-7-5-11/h2-4,8-9,19H,5-7H2,1H3,(H4,17,18,20,21). The van der Waals surface area contributed by atoms with Crippen molar-refractivity contribution in [1.29, 1.82) is 0 Å². The number of nitrogen functional groups attached to an aromatic ring is 2. The smallest absolute Gasteiger partial charge is 0.221 e. The van der Waals surface area contributed by atoms with Crippen molar-refractivity contribution in [3.05, 3.63) is 41.6 Å². The second-order valence-electron chi connectivity index (χ2n) is 5.24. The van der Waals surface area contributed by atoms with Crippen LogP contribution in [0.15, 0.2) is 30.5 Å². The molecule has 3 rings (SSSR count). The Bertz CT molecular complexity index is 706. The van der Waals surface area contributed by atoms with E-state index in [0.717, 1.165) is 30.6 Å². The van der Waals surface area contributed by atoms with Crippen LogP contribution < -0.4 is 16.8 Å². The summed E-state index contributed by atoms with van der Waals surface area (Å²) in [6, 6.07) is 6.34. The van der Waals surface area contributed by atoms with Gasteiger partial charge in [-0.05, 0) is 42.2 Å². The van der Waals surface area contributed by atoms with E-state index in [-0.39, 0.29) is 5.95 Å². The third-order valence-corrected chi connectivity index (χ3v) is 3.78. The lowest BCUT2D eigenvalue weighted by molar-refractivity contribution is 0.738. The summed E-state index contributed by atoms with van der Waals surface area (Å²) in [5, 5.41) is 3.33. The van der Waals surface area contributed by atoms with E-state index in [1.54, 1.807) is 6.20 Å². The van der Waals surface area contributed by atoms with Gasteiger partial charge in [-0.15, -0.1) is 0 Å². The Morgan fingerprint density at radius 3 is 2.71 bits per heavy atom. The van der Waals surface area contributed by atoms with Crippen LogP contribution in [-0.4, -0.2) is 23.1 Å². The summed E-state index contributed by atoms with van der Waals surface area (Å²) in [5.74, 6) is 0.611. The molecule has 2 aromatic rings. The fourth-order valence-electron chi connectivity index (χ4n) is 2.69. The van der Waals surface area contributed by atoms with Gasteiger partial charge in [-0.1, -0.05) is 24.3 Å². The molecule has 0 amide bonds. The molecule has 2 heterocycles. The molecule has 0 unspecified atom stereocenters. The number of aromatic nitrogens is 2. The molecule has 0 spiro atoms. The van der Waals surface area contributed by atoms with Crippen LogP contribution in [0.2, 0.25) is 0 Å². The molecule has 0 radical (unpaired) electrons. The van der Waals surface area contributed by atoms with E-state index in [4.69, 9.17) is 11.5 Å². The first kappa shape index (κ1) is 13.6. The van der Waals surface area contributed by atoms with E-state index < -0.39 is 0 Å². The maximum Gasteiger partial charge on any atom is 0.221 e. The van der Waals surface area contributed by atoms with E-state index in [1.807, 2.05) is 0 Å². The first-order valence-electron chi connectivity index (χ1n) is 7.04. The molecule has 21 heavy (non-hydrogen) atoms. The van der Waals surface area contributed by atoms with E-state index in [0.29, 0.717) is 5.82 Å². The van der Waals surface area contributed by atoms with Crippen LogP contribution in [0.1, 0.15) is 17.5 Å². The molecule has 0 aliphatic carbocycles. The number of hydrogen-bond donors (Lipinski definition) is 3. The molecule has 1 aromatic heterocycles. The maximum atomic E-state index is 5.93. The number of nitrogens with one attached hydrogen (secondary N) is 1. The predicted octanol–water partition coefficient (Wildman–Crippen LogP) is 1.99. The van der Waals surface area contributed by atoms with Crippen LogP contribution in [0.25, 0.3) is 16.7 Å². The Kier molecular flexibility index (Phi) is 3.58. The highest BCUT2D eigenvalue weighted by molar-refractivity contribution is 5.77. The van der Waals surface area contributed by atoms with Crippen LogP contribution >= 0.6 is 0 Å². The summed E-state index contributed by atoms with van der Waals surface area (Å²) < 4.78 is 0. The van der Waals surface area contributed by atoms with Crippen LogP contribution in [-0.2, 0) is 0 Å². The fraction of sp³-hybridized carbons (Fsp3) is 0.250. The Balaban J connectivity index is 1.99. The average Bonchev–Trinajstić information content (AvgIpc) is 2.48. The average molecular weight is 281 g/mol. The van der Waals surface area contributed by atoms with Gasteiger partial charge in [0.05, 0.1) is 0 Å². The molecule has 1 aromatic carbocycles. The van der Waals surface area contributed by atoms with Gasteiger partial charge < -0.3 is 16.8 Å². The number of nitrogens with two attached hydrogens (primary N) is 2. The van der Waals surface area contributed by atoms with Crippen molar-refractivity contribution in [1.82, 2.24) is 15.3 Å². The molecule has 0 atom stereocenters. The molecule has 0 saturated carbocycles. The SMILES string of the molecule is Cc1cc(-c2cnc(N)nc2N)ccc1C1=CCNCC1. The third-order valence-electron chi connectivity index (χ3n) is 3.78. The van der Waals surface area contributed by atoms with Gasteiger partial charge in [0, 0.05) is 18.3 Å². The number of rotatable bonds is 2. The maximum absolute atomic E-state index is 5.93. The minimum atomic E-state index is 0.199. The minimum Gasteiger partial charge on any atom is -0.383 e. The number of anilines is 2. The molecule has 5 N–H and O–H groups in total. The van der Waals surface area contributed by atoms with Gasteiger partial charge in [-0.2, -0.15) is 4.98 Å². The normalized spacial score (nSPS) is 14.8. The highest BCUT2D eigenvalue weighted by Gasteiger charge is 2.11. The van der Waals surface area contributed by atoms with Crippen molar-refractivity contribution in [2.75, 3.05) is 24.6 Å². The zero-order chi connectivity index (χ0) is 14.8. The van der Waals surface area contributed by atoms with E-state index in [9.17, 15) is 0 Å². The van der Waals surface area contributed by atoms with Crippen molar-refractivity contribution in [3.63, 3.8) is 0 Å².